The zero-order chi connectivity index (χ0) is 13.9. The molecule has 0 unspecified atom stereocenters. The number of ether oxygens (including phenoxy) is 1. The van der Waals surface area contributed by atoms with E-state index >= 15 is 0 Å². The average Bonchev–Trinajstić information content (AvgIpc) is 2.75. The Morgan fingerprint density at radius 3 is 2.53 bits per heavy atom. The molecule has 4 heteroatoms. The highest BCUT2D eigenvalue weighted by molar-refractivity contribution is 5.91. The molecule has 2 aliphatic carbocycles. The van der Waals surface area contributed by atoms with Crippen LogP contribution in [-0.2, 0) is 9.53 Å². The number of carbonyl (C=O) groups is 1. The van der Waals surface area contributed by atoms with Gasteiger partial charge in [-0.25, -0.2) is 4.79 Å². The van der Waals surface area contributed by atoms with Crippen molar-refractivity contribution < 1.29 is 19.7 Å². The van der Waals surface area contributed by atoms with Crippen molar-refractivity contribution in [1.29, 1.82) is 0 Å². The second-order valence-corrected chi connectivity index (χ2v) is 5.81. The smallest absolute Gasteiger partial charge is 0.334 e. The number of esters is 1. The molecule has 0 amide bonds. The first-order chi connectivity index (χ1) is 8.91. The lowest BCUT2D eigenvalue weighted by atomic mass is 9.81. The van der Waals surface area contributed by atoms with Crippen molar-refractivity contribution in [2.75, 3.05) is 0 Å². The van der Waals surface area contributed by atoms with Gasteiger partial charge in [0.2, 0.25) is 0 Å². The molecule has 102 valence electrons. The summed E-state index contributed by atoms with van der Waals surface area (Å²) in [5, 5.41) is 20.3. The fourth-order valence-corrected chi connectivity index (χ4v) is 3.78. The molecular formula is C15H18O4. The van der Waals surface area contributed by atoms with E-state index in [-0.39, 0.29) is 11.8 Å². The minimum atomic E-state index is -0.702. The molecule has 0 aromatic carbocycles. The highest BCUT2D eigenvalue weighted by Gasteiger charge is 2.55. The fourth-order valence-electron chi connectivity index (χ4n) is 3.78. The van der Waals surface area contributed by atoms with Crippen molar-refractivity contribution in [3.8, 4) is 0 Å². The van der Waals surface area contributed by atoms with Crippen LogP contribution in [0.15, 0.2) is 36.5 Å². The Morgan fingerprint density at radius 2 is 1.84 bits per heavy atom. The van der Waals surface area contributed by atoms with E-state index in [0.29, 0.717) is 24.0 Å². The van der Waals surface area contributed by atoms with Gasteiger partial charge in [-0.15, -0.1) is 0 Å². The lowest BCUT2D eigenvalue weighted by molar-refractivity contribution is -0.141. The molecule has 3 rings (SSSR count). The number of hydrogen-bond acceptors (Lipinski definition) is 4. The van der Waals surface area contributed by atoms with E-state index in [1.807, 2.05) is 0 Å². The van der Waals surface area contributed by atoms with E-state index in [2.05, 4.69) is 19.7 Å². The van der Waals surface area contributed by atoms with E-state index in [0.717, 1.165) is 5.57 Å². The average molecular weight is 262 g/mol. The van der Waals surface area contributed by atoms with Crippen molar-refractivity contribution in [2.45, 2.75) is 31.2 Å². The second-order valence-electron chi connectivity index (χ2n) is 5.81. The largest absolute Gasteiger partial charge is 0.458 e. The summed E-state index contributed by atoms with van der Waals surface area (Å²) in [7, 11) is 0. The molecule has 0 aromatic rings. The molecule has 6 atom stereocenters. The Morgan fingerprint density at radius 1 is 1.16 bits per heavy atom. The van der Waals surface area contributed by atoms with Gasteiger partial charge in [-0.3, -0.25) is 0 Å². The molecule has 0 spiro atoms. The van der Waals surface area contributed by atoms with Crippen LogP contribution in [0.3, 0.4) is 0 Å². The minimum absolute atomic E-state index is 0.0193. The number of rotatable bonds is 0. The van der Waals surface area contributed by atoms with Gasteiger partial charge in [0, 0.05) is 11.5 Å². The lowest BCUT2D eigenvalue weighted by Gasteiger charge is -2.26. The maximum absolute atomic E-state index is 11.7. The van der Waals surface area contributed by atoms with Gasteiger partial charge >= 0.3 is 5.97 Å². The van der Waals surface area contributed by atoms with E-state index < -0.39 is 30.2 Å². The monoisotopic (exact) mass is 262 g/mol. The molecule has 1 heterocycles. The van der Waals surface area contributed by atoms with Crippen molar-refractivity contribution >= 4 is 5.97 Å². The molecule has 0 radical (unpaired) electrons. The third-order valence-electron chi connectivity index (χ3n) is 4.79. The third kappa shape index (κ3) is 1.63. The third-order valence-corrected chi connectivity index (χ3v) is 4.79. The first-order valence-electron chi connectivity index (χ1n) is 6.54. The maximum Gasteiger partial charge on any atom is 0.334 e. The fraction of sp³-hybridized carbons (Fsp3) is 0.533. The van der Waals surface area contributed by atoms with Crippen LogP contribution in [-0.4, -0.2) is 34.5 Å². The summed E-state index contributed by atoms with van der Waals surface area (Å²) in [5.41, 5.74) is 1.89. The predicted molar refractivity (Wildman–Crippen MR) is 69.0 cm³/mol. The molecular weight excluding hydrogens is 244 g/mol. The minimum Gasteiger partial charge on any atom is -0.458 e. The van der Waals surface area contributed by atoms with Crippen LogP contribution in [0.4, 0.5) is 0 Å². The van der Waals surface area contributed by atoms with Crippen LogP contribution in [0.5, 0.6) is 0 Å². The molecule has 2 N–H and O–H groups in total. The number of fused-ring (bicyclic) bond motifs is 3. The first kappa shape index (κ1) is 12.6. The summed E-state index contributed by atoms with van der Waals surface area (Å²) >= 11 is 0. The number of aliphatic hydroxyl groups excluding tert-OH is 2. The predicted octanol–water partition coefficient (Wildman–Crippen LogP) is 0.958. The van der Waals surface area contributed by atoms with Crippen LogP contribution in [0.25, 0.3) is 0 Å². The second kappa shape index (κ2) is 4.05. The summed E-state index contributed by atoms with van der Waals surface area (Å²) in [6.07, 6.45) is -0.800. The quantitative estimate of drug-likeness (QED) is 0.387. The SMILES string of the molecule is C=C1C(=O)O[C@@H]2[C@@H]1[C@@H](O)CC(=C)[C@H]1C[C@@H](O)C(=C)[C@@H]21. The zero-order valence-electron chi connectivity index (χ0n) is 10.7. The summed E-state index contributed by atoms with van der Waals surface area (Å²) in [6.45, 7) is 11.7. The van der Waals surface area contributed by atoms with E-state index in [9.17, 15) is 15.0 Å². The summed E-state index contributed by atoms with van der Waals surface area (Å²) < 4.78 is 5.40. The van der Waals surface area contributed by atoms with Crippen molar-refractivity contribution in [3.05, 3.63) is 36.5 Å². The Balaban J connectivity index is 2.05. The Bertz CT molecular complexity index is 492. The van der Waals surface area contributed by atoms with Gasteiger partial charge in [-0.2, -0.15) is 0 Å². The zero-order valence-corrected chi connectivity index (χ0v) is 10.7. The van der Waals surface area contributed by atoms with Gasteiger partial charge in [-0.05, 0) is 24.3 Å². The highest BCUT2D eigenvalue weighted by atomic mass is 16.6. The van der Waals surface area contributed by atoms with Crippen LogP contribution in [0.1, 0.15) is 12.8 Å². The van der Waals surface area contributed by atoms with Gasteiger partial charge in [0.15, 0.2) is 0 Å². The normalized spacial score (nSPS) is 45.8. The molecule has 2 saturated carbocycles. The maximum atomic E-state index is 11.7. The number of hydrogen-bond donors (Lipinski definition) is 2. The van der Waals surface area contributed by atoms with Gasteiger partial charge in [-0.1, -0.05) is 25.3 Å². The van der Waals surface area contributed by atoms with Crippen molar-refractivity contribution in [2.24, 2.45) is 17.8 Å². The summed E-state index contributed by atoms with van der Waals surface area (Å²) in [4.78, 5) is 11.7. The van der Waals surface area contributed by atoms with Gasteiger partial charge in [0.05, 0.1) is 18.1 Å². The molecule has 1 aliphatic heterocycles. The molecule has 1 saturated heterocycles. The molecule has 3 fully saturated rings. The van der Waals surface area contributed by atoms with Crippen LogP contribution in [0.2, 0.25) is 0 Å². The Hall–Kier alpha value is -1.39. The highest BCUT2D eigenvalue weighted by Crippen LogP contribution is 2.51. The van der Waals surface area contributed by atoms with Crippen LogP contribution >= 0.6 is 0 Å². The van der Waals surface area contributed by atoms with E-state index in [1.54, 1.807) is 0 Å². The van der Waals surface area contributed by atoms with Gasteiger partial charge in [0.1, 0.15) is 6.10 Å². The van der Waals surface area contributed by atoms with Gasteiger partial charge < -0.3 is 14.9 Å². The van der Waals surface area contributed by atoms with Crippen LogP contribution < -0.4 is 0 Å². The van der Waals surface area contributed by atoms with Crippen LogP contribution in [0, 0.1) is 17.8 Å². The Labute approximate surface area is 112 Å². The standard InChI is InChI=1S/C15H18O4/c1-6-4-11(17)13-8(3)15(18)19-14(13)12-7(2)10(16)5-9(6)12/h9-14,16-17H,1-5H2/t9-,10-,11+,12-,13+,14+/m1/s1. The Kier molecular flexibility index (Phi) is 2.69. The van der Waals surface area contributed by atoms with E-state index in [1.165, 1.54) is 0 Å². The number of aliphatic hydroxyl groups is 2. The molecule has 19 heavy (non-hydrogen) atoms. The molecule has 3 aliphatic rings. The summed E-state index contributed by atoms with van der Waals surface area (Å²) in [5.74, 6) is -1.01. The van der Waals surface area contributed by atoms with Crippen molar-refractivity contribution in [1.82, 2.24) is 0 Å². The number of carbonyl (C=O) groups excluding carboxylic acids is 1. The van der Waals surface area contributed by atoms with Crippen molar-refractivity contribution in [3.63, 3.8) is 0 Å². The summed E-state index contributed by atoms with van der Waals surface area (Å²) in [6, 6.07) is 0. The van der Waals surface area contributed by atoms with Gasteiger partial charge in [0.25, 0.3) is 0 Å². The molecule has 4 nitrogen and oxygen atoms in total. The molecule has 0 bridgehead atoms. The lowest BCUT2D eigenvalue weighted by Crippen LogP contribution is -2.33. The molecule has 0 aromatic heterocycles. The van der Waals surface area contributed by atoms with E-state index in [4.69, 9.17) is 4.74 Å². The first-order valence-corrected chi connectivity index (χ1v) is 6.54. The topological polar surface area (TPSA) is 66.8 Å².